The Labute approximate surface area is 139 Å². The van der Waals surface area contributed by atoms with Crippen molar-refractivity contribution in [1.82, 2.24) is 10.2 Å². The number of hydrogen-bond acceptors (Lipinski definition) is 5. The lowest BCUT2D eigenvalue weighted by Crippen LogP contribution is -2.42. The van der Waals surface area contributed by atoms with E-state index in [1.807, 2.05) is 0 Å². The third kappa shape index (κ3) is 2.50. The minimum atomic E-state index is -1.24. The molecule has 7 nitrogen and oxygen atoms in total. The lowest BCUT2D eigenvalue weighted by atomic mass is 9.89. The van der Waals surface area contributed by atoms with Crippen molar-refractivity contribution in [2.24, 2.45) is 5.41 Å². The van der Waals surface area contributed by atoms with E-state index in [1.165, 1.54) is 0 Å². The standard InChI is InChI=1S/C17H20N2O5/c1-16(2,3)13(20)8-19-14(21)17(4,18-15(19)22)10-5-6-11-12(7-10)24-9-23-11/h5-7H,8-9H2,1-4H3,(H,18,22)/t17-/m0/s1. The van der Waals surface area contributed by atoms with Crippen LogP contribution in [0.25, 0.3) is 0 Å². The van der Waals surface area contributed by atoms with Crippen molar-refractivity contribution in [3.05, 3.63) is 23.8 Å². The Balaban J connectivity index is 1.88. The summed E-state index contributed by atoms with van der Waals surface area (Å²) in [7, 11) is 0. The van der Waals surface area contributed by atoms with Gasteiger partial charge in [-0.15, -0.1) is 0 Å². The SMILES string of the molecule is CC(C)(C)C(=O)CN1C(=O)N[C@@](C)(c2ccc3c(c2)OCO3)C1=O. The molecule has 3 rings (SSSR count). The molecule has 1 atom stereocenters. The predicted molar refractivity (Wildman–Crippen MR) is 84.6 cm³/mol. The number of fused-ring (bicyclic) bond motifs is 1. The highest BCUT2D eigenvalue weighted by Gasteiger charge is 2.50. The van der Waals surface area contributed by atoms with Gasteiger partial charge in [0.2, 0.25) is 6.79 Å². The summed E-state index contributed by atoms with van der Waals surface area (Å²) in [6.07, 6.45) is 0. The minimum Gasteiger partial charge on any atom is -0.454 e. The van der Waals surface area contributed by atoms with Gasteiger partial charge in [0.25, 0.3) is 5.91 Å². The number of rotatable bonds is 3. The van der Waals surface area contributed by atoms with Crippen LogP contribution in [0.5, 0.6) is 11.5 Å². The fraction of sp³-hybridized carbons (Fsp3) is 0.471. The van der Waals surface area contributed by atoms with E-state index in [-0.39, 0.29) is 19.1 Å². The summed E-state index contributed by atoms with van der Waals surface area (Å²) in [6.45, 7) is 6.77. The van der Waals surface area contributed by atoms with E-state index in [9.17, 15) is 14.4 Å². The zero-order valence-electron chi connectivity index (χ0n) is 14.1. The number of imide groups is 1. The Kier molecular flexibility index (Phi) is 3.55. The zero-order chi connectivity index (χ0) is 17.7. The summed E-state index contributed by atoms with van der Waals surface area (Å²) in [5.41, 5.74) is -1.29. The first-order valence-electron chi connectivity index (χ1n) is 7.70. The first-order chi connectivity index (χ1) is 11.1. The molecule has 1 aromatic rings. The van der Waals surface area contributed by atoms with Crippen LogP contribution in [0.4, 0.5) is 4.79 Å². The van der Waals surface area contributed by atoms with Gasteiger partial charge < -0.3 is 14.8 Å². The smallest absolute Gasteiger partial charge is 0.325 e. The maximum atomic E-state index is 12.8. The van der Waals surface area contributed by atoms with E-state index in [1.54, 1.807) is 45.9 Å². The third-order valence-electron chi connectivity index (χ3n) is 4.36. The number of nitrogens with zero attached hydrogens (tertiary/aromatic N) is 1. The second kappa shape index (κ2) is 5.22. The Morgan fingerprint density at radius 3 is 2.58 bits per heavy atom. The molecule has 24 heavy (non-hydrogen) atoms. The monoisotopic (exact) mass is 332 g/mol. The highest BCUT2D eigenvalue weighted by atomic mass is 16.7. The predicted octanol–water partition coefficient (Wildman–Crippen LogP) is 1.80. The van der Waals surface area contributed by atoms with Gasteiger partial charge in [-0.2, -0.15) is 0 Å². The molecule has 1 aromatic carbocycles. The molecule has 1 fully saturated rings. The number of urea groups is 1. The molecule has 0 aromatic heterocycles. The maximum absolute atomic E-state index is 12.8. The summed E-state index contributed by atoms with van der Waals surface area (Å²) in [5, 5.41) is 2.68. The van der Waals surface area contributed by atoms with Crippen molar-refractivity contribution < 1.29 is 23.9 Å². The van der Waals surface area contributed by atoms with E-state index >= 15 is 0 Å². The van der Waals surface area contributed by atoms with Crippen molar-refractivity contribution >= 4 is 17.7 Å². The van der Waals surface area contributed by atoms with E-state index in [0.717, 1.165) is 4.90 Å². The summed E-state index contributed by atoms with van der Waals surface area (Å²) < 4.78 is 10.6. The average molecular weight is 332 g/mol. The molecule has 1 saturated heterocycles. The van der Waals surface area contributed by atoms with E-state index in [4.69, 9.17) is 9.47 Å². The van der Waals surface area contributed by atoms with Crippen LogP contribution in [0.2, 0.25) is 0 Å². The molecule has 2 aliphatic rings. The number of nitrogens with one attached hydrogen (secondary N) is 1. The molecular weight excluding hydrogens is 312 g/mol. The normalized spacial score (nSPS) is 22.8. The topological polar surface area (TPSA) is 84.9 Å². The Hall–Kier alpha value is -2.57. The highest BCUT2D eigenvalue weighted by molar-refractivity contribution is 6.09. The first-order valence-corrected chi connectivity index (χ1v) is 7.70. The van der Waals surface area contributed by atoms with Crippen LogP contribution in [0.3, 0.4) is 0 Å². The van der Waals surface area contributed by atoms with Gasteiger partial charge in [-0.3, -0.25) is 14.5 Å². The number of benzene rings is 1. The second-order valence-electron chi connectivity index (χ2n) is 7.19. The van der Waals surface area contributed by atoms with E-state index < -0.39 is 22.9 Å². The number of carbonyl (C=O) groups is 3. The fourth-order valence-corrected chi connectivity index (χ4v) is 2.62. The molecule has 0 bridgehead atoms. The molecule has 0 radical (unpaired) electrons. The summed E-state index contributed by atoms with van der Waals surface area (Å²) >= 11 is 0. The Bertz CT molecular complexity index is 737. The second-order valence-corrected chi connectivity index (χ2v) is 7.19. The number of ether oxygens (including phenoxy) is 2. The van der Waals surface area contributed by atoms with Crippen LogP contribution in [-0.2, 0) is 15.1 Å². The van der Waals surface area contributed by atoms with Crippen LogP contribution in [0.15, 0.2) is 18.2 Å². The Morgan fingerprint density at radius 1 is 1.25 bits per heavy atom. The zero-order valence-corrected chi connectivity index (χ0v) is 14.1. The Morgan fingerprint density at radius 2 is 1.92 bits per heavy atom. The van der Waals surface area contributed by atoms with Crippen molar-refractivity contribution in [2.45, 2.75) is 33.2 Å². The van der Waals surface area contributed by atoms with Crippen molar-refractivity contribution in [3.8, 4) is 11.5 Å². The van der Waals surface area contributed by atoms with E-state index in [0.29, 0.717) is 17.1 Å². The summed E-state index contributed by atoms with van der Waals surface area (Å²) in [4.78, 5) is 38.2. The number of Topliss-reactive ketones (excluding diaryl/α,β-unsaturated/α-hetero) is 1. The third-order valence-corrected chi connectivity index (χ3v) is 4.36. The van der Waals surface area contributed by atoms with Crippen molar-refractivity contribution in [2.75, 3.05) is 13.3 Å². The molecule has 2 aliphatic heterocycles. The molecule has 0 saturated carbocycles. The van der Waals surface area contributed by atoms with Gasteiger partial charge in [0.15, 0.2) is 17.3 Å². The highest BCUT2D eigenvalue weighted by Crippen LogP contribution is 2.37. The van der Waals surface area contributed by atoms with Crippen LogP contribution >= 0.6 is 0 Å². The van der Waals surface area contributed by atoms with E-state index in [2.05, 4.69) is 5.32 Å². The van der Waals surface area contributed by atoms with Gasteiger partial charge in [0.1, 0.15) is 5.54 Å². The largest absolute Gasteiger partial charge is 0.454 e. The molecular formula is C17H20N2O5. The van der Waals surface area contributed by atoms with Crippen molar-refractivity contribution in [3.63, 3.8) is 0 Å². The molecule has 2 heterocycles. The lowest BCUT2D eigenvalue weighted by Gasteiger charge is -2.23. The summed E-state index contributed by atoms with van der Waals surface area (Å²) in [6, 6.07) is 4.51. The van der Waals surface area contributed by atoms with Gasteiger partial charge >= 0.3 is 6.03 Å². The number of amides is 3. The molecule has 0 aliphatic carbocycles. The maximum Gasteiger partial charge on any atom is 0.325 e. The van der Waals surface area contributed by atoms with Gasteiger partial charge in [0, 0.05) is 5.41 Å². The fourth-order valence-electron chi connectivity index (χ4n) is 2.62. The molecule has 7 heteroatoms. The average Bonchev–Trinajstić information content (AvgIpc) is 3.04. The molecule has 128 valence electrons. The molecule has 0 spiro atoms. The van der Waals surface area contributed by atoms with Gasteiger partial charge in [-0.05, 0) is 24.6 Å². The van der Waals surface area contributed by atoms with Crippen LogP contribution < -0.4 is 14.8 Å². The van der Waals surface area contributed by atoms with Gasteiger partial charge in [-0.25, -0.2) is 4.79 Å². The molecule has 3 amide bonds. The number of carbonyl (C=O) groups excluding carboxylic acids is 3. The molecule has 1 N–H and O–H groups in total. The first kappa shape index (κ1) is 16.3. The number of hydrogen-bond donors (Lipinski definition) is 1. The van der Waals surface area contributed by atoms with Gasteiger partial charge in [-0.1, -0.05) is 26.8 Å². The van der Waals surface area contributed by atoms with Gasteiger partial charge in [0.05, 0.1) is 6.54 Å². The van der Waals surface area contributed by atoms with Crippen LogP contribution in [-0.4, -0.2) is 36.0 Å². The lowest BCUT2D eigenvalue weighted by molar-refractivity contribution is -0.136. The molecule has 0 unspecified atom stereocenters. The quantitative estimate of drug-likeness (QED) is 0.853. The van der Waals surface area contributed by atoms with Crippen LogP contribution in [0.1, 0.15) is 33.3 Å². The van der Waals surface area contributed by atoms with Crippen molar-refractivity contribution in [1.29, 1.82) is 0 Å². The number of ketones is 1. The summed E-state index contributed by atoms with van der Waals surface area (Å²) in [5.74, 6) is 0.490. The van der Waals surface area contributed by atoms with Crippen LogP contribution in [0, 0.1) is 5.41 Å². The minimum absolute atomic E-state index is 0.127.